The normalized spacial score (nSPS) is 10.6. The first-order chi connectivity index (χ1) is 15.0. The number of hydrogen-bond acceptors (Lipinski definition) is 4. The largest absolute Gasteiger partial charge is 0.485 e. The summed E-state index contributed by atoms with van der Waals surface area (Å²) in [7, 11) is 0. The fourth-order valence-corrected chi connectivity index (χ4v) is 3.12. The average Bonchev–Trinajstić information content (AvgIpc) is 2.74. The first kappa shape index (κ1) is 20.4. The lowest BCUT2D eigenvalue weighted by Crippen LogP contribution is -2.20. The molecule has 4 aromatic rings. The van der Waals surface area contributed by atoms with Crippen LogP contribution in [0.1, 0.15) is 11.3 Å². The van der Waals surface area contributed by atoms with E-state index in [-0.39, 0.29) is 12.2 Å². The van der Waals surface area contributed by atoms with Gasteiger partial charge < -0.3 is 15.4 Å². The Labute approximate surface area is 183 Å². The second-order valence-electron chi connectivity index (χ2n) is 6.89. The molecule has 0 saturated carbocycles. The van der Waals surface area contributed by atoms with E-state index in [0.29, 0.717) is 33.5 Å². The maximum atomic E-state index is 12.3. The third-order valence-corrected chi connectivity index (χ3v) is 4.74. The Kier molecular flexibility index (Phi) is 5.86. The van der Waals surface area contributed by atoms with Crippen molar-refractivity contribution in [3.8, 4) is 5.75 Å². The van der Waals surface area contributed by atoms with E-state index in [1.807, 2.05) is 19.1 Å². The van der Waals surface area contributed by atoms with Crippen LogP contribution in [-0.4, -0.2) is 15.4 Å². The van der Waals surface area contributed by atoms with Crippen LogP contribution in [0.4, 0.5) is 16.2 Å². The van der Waals surface area contributed by atoms with Crippen LogP contribution >= 0.6 is 11.6 Å². The molecule has 0 atom stereocenters. The number of ether oxygens (including phenoxy) is 1. The minimum Gasteiger partial charge on any atom is -0.485 e. The number of nitrogens with zero attached hydrogens (tertiary/aromatic N) is 2. The van der Waals surface area contributed by atoms with Crippen molar-refractivity contribution in [1.82, 2.24) is 9.38 Å². The molecule has 0 bridgehead atoms. The SMILES string of the molecule is Cc1ccn2c(=O)cc(COc3ccccc3NC(=O)Nc3ccc(Cl)cc3)nc2c1. The van der Waals surface area contributed by atoms with Crippen LogP contribution in [-0.2, 0) is 6.61 Å². The molecule has 2 aromatic heterocycles. The number of urea groups is 1. The van der Waals surface area contributed by atoms with Crippen molar-refractivity contribution in [3.05, 3.63) is 99.6 Å². The van der Waals surface area contributed by atoms with Gasteiger partial charge in [-0.25, -0.2) is 9.78 Å². The number of pyridine rings is 1. The van der Waals surface area contributed by atoms with Crippen molar-refractivity contribution in [3.63, 3.8) is 0 Å². The van der Waals surface area contributed by atoms with E-state index in [4.69, 9.17) is 16.3 Å². The Balaban J connectivity index is 1.47. The lowest BCUT2D eigenvalue weighted by atomic mass is 10.3. The first-order valence-corrected chi connectivity index (χ1v) is 9.90. The molecule has 0 fully saturated rings. The van der Waals surface area contributed by atoms with Crippen LogP contribution in [0.3, 0.4) is 0 Å². The highest BCUT2D eigenvalue weighted by molar-refractivity contribution is 6.30. The maximum absolute atomic E-state index is 12.3. The molecule has 2 aromatic carbocycles. The highest BCUT2D eigenvalue weighted by atomic mass is 35.5. The Bertz CT molecular complexity index is 1300. The van der Waals surface area contributed by atoms with Gasteiger partial charge in [0.15, 0.2) is 0 Å². The van der Waals surface area contributed by atoms with Gasteiger partial charge in [-0.15, -0.1) is 0 Å². The van der Waals surface area contributed by atoms with Crippen LogP contribution in [0.25, 0.3) is 5.65 Å². The Morgan fingerprint density at radius 2 is 1.84 bits per heavy atom. The van der Waals surface area contributed by atoms with E-state index in [0.717, 1.165) is 5.56 Å². The molecule has 2 heterocycles. The highest BCUT2D eigenvalue weighted by Crippen LogP contribution is 2.25. The molecule has 0 saturated heterocycles. The van der Waals surface area contributed by atoms with Gasteiger partial charge in [-0.05, 0) is 61.0 Å². The molecule has 2 amide bonds. The Hall–Kier alpha value is -3.84. The molecule has 31 heavy (non-hydrogen) atoms. The lowest BCUT2D eigenvalue weighted by Gasteiger charge is -2.13. The minimum absolute atomic E-state index is 0.0805. The summed E-state index contributed by atoms with van der Waals surface area (Å²) in [5.74, 6) is 0.458. The van der Waals surface area contributed by atoms with E-state index in [2.05, 4.69) is 15.6 Å². The number of halogens is 1. The molecule has 0 radical (unpaired) electrons. The number of fused-ring (bicyclic) bond motifs is 1. The zero-order valence-electron chi connectivity index (χ0n) is 16.6. The average molecular weight is 435 g/mol. The summed E-state index contributed by atoms with van der Waals surface area (Å²) in [5.41, 5.74) is 2.97. The summed E-state index contributed by atoms with van der Waals surface area (Å²) in [6.07, 6.45) is 1.70. The summed E-state index contributed by atoms with van der Waals surface area (Å²) in [6.45, 7) is 2.02. The van der Waals surface area contributed by atoms with E-state index >= 15 is 0 Å². The van der Waals surface area contributed by atoms with Crippen molar-refractivity contribution in [1.29, 1.82) is 0 Å². The van der Waals surface area contributed by atoms with E-state index < -0.39 is 6.03 Å². The number of carbonyl (C=O) groups is 1. The monoisotopic (exact) mass is 434 g/mol. The van der Waals surface area contributed by atoms with Crippen LogP contribution in [0.15, 0.2) is 77.7 Å². The summed E-state index contributed by atoms with van der Waals surface area (Å²) >= 11 is 5.86. The molecule has 0 aliphatic rings. The van der Waals surface area contributed by atoms with Crippen LogP contribution < -0.4 is 20.9 Å². The van der Waals surface area contributed by atoms with E-state index in [1.165, 1.54) is 10.5 Å². The van der Waals surface area contributed by atoms with Crippen molar-refractivity contribution in [2.75, 3.05) is 10.6 Å². The van der Waals surface area contributed by atoms with Gasteiger partial charge in [0, 0.05) is 23.0 Å². The number of rotatable bonds is 5. The fourth-order valence-electron chi connectivity index (χ4n) is 2.99. The molecule has 0 aliphatic carbocycles. The van der Waals surface area contributed by atoms with Gasteiger partial charge in [-0.3, -0.25) is 9.20 Å². The summed E-state index contributed by atoms with van der Waals surface area (Å²) in [5, 5.41) is 6.08. The summed E-state index contributed by atoms with van der Waals surface area (Å²) in [4.78, 5) is 29.2. The number of para-hydroxylation sites is 2. The number of nitrogens with one attached hydrogen (secondary N) is 2. The van der Waals surface area contributed by atoms with Gasteiger partial charge in [0.05, 0.1) is 11.4 Å². The topological polar surface area (TPSA) is 84.7 Å². The second kappa shape index (κ2) is 8.89. The standard InChI is InChI=1S/C23H19ClN4O3/c1-15-10-11-28-21(12-15)25-18(13-22(28)29)14-31-20-5-3-2-4-19(20)27-23(30)26-17-8-6-16(24)7-9-17/h2-13H,14H2,1H3,(H2,26,27,30). The van der Waals surface area contributed by atoms with Crippen LogP contribution in [0.5, 0.6) is 5.75 Å². The molecule has 0 aliphatic heterocycles. The summed E-state index contributed by atoms with van der Waals surface area (Å²) < 4.78 is 7.33. The molecule has 8 heteroatoms. The number of aryl methyl sites for hydroxylation is 1. The van der Waals surface area contributed by atoms with Crippen LogP contribution in [0, 0.1) is 6.92 Å². The third kappa shape index (κ3) is 5.02. The van der Waals surface area contributed by atoms with Gasteiger partial charge in [0.1, 0.15) is 18.0 Å². The highest BCUT2D eigenvalue weighted by Gasteiger charge is 2.10. The number of amides is 2. The van der Waals surface area contributed by atoms with E-state index in [9.17, 15) is 9.59 Å². The Morgan fingerprint density at radius 1 is 1.06 bits per heavy atom. The maximum Gasteiger partial charge on any atom is 0.323 e. The molecule has 156 valence electrons. The molecule has 0 spiro atoms. The van der Waals surface area contributed by atoms with Gasteiger partial charge >= 0.3 is 6.03 Å². The number of aromatic nitrogens is 2. The van der Waals surface area contributed by atoms with Crippen molar-refractivity contribution < 1.29 is 9.53 Å². The zero-order chi connectivity index (χ0) is 21.8. The second-order valence-corrected chi connectivity index (χ2v) is 7.33. The molecule has 4 rings (SSSR count). The van der Waals surface area contributed by atoms with E-state index in [1.54, 1.807) is 54.7 Å². The minimum atomic E-state index is -0.420. The van der Waals surface area contributed by atoms with Crippen molar-refractivity contribution in [2.45, 2.75) is 13.5 Å². The Morgan fingerprint density at radius 3 is 2.65 bits per heavy atom. The number of carbonyl (C=O) groups excluding carboxylic acids is 1. The number of anilines is 2. The van der Waals surface area contributed by atoms with Gasteiger partial charge in [-0.1, -0.05) is 23.7 Å². The number of benzene rings is 2. The fraction of sp³-hybridized carbons (Fsp3) is 0.0870. The van der Waals surface area contributed by atoms with Crippen LogP contribution in [0.2, 0.25) is 5.02 Å². The predicted octanol–water partition coefficient (Wildman–Crippen LogP) is 4.88. The quantitative estimate of drug-likeness (QED) is 0.469. The van der Waals surface area contributed by atoms with Crippen molar-refractivity contribution >= 4 is 34.7 Å². The third-order valence-electron chi connectivity index (χ3n) is 4.49. The number of hydrogen-bond donors (Lipinski definition) is 2. The molecule has 0 unspecified atom stereocenters. The molecular formula is C23H19ClN4O3. The predicted molar refractivity (Wildman–Crippen MR) is 121 cm³/mol. The van der Waals surface area contributed by atoms with Gasteiger partial charge in [-0.2, -0.15) is 0 Å². The smallest absolute Gasteiger partial charge is 0.323 e. The lowest BCUT2D eigenvalue weighted by molar-refractivity contribution is 0.261. The van der Waals surface area contributed by atoms with Gasteiger partial charge in [0.2, 0.25) is 0 Å². The first-order valence-electron chi connectivity index (χ1n) is 9.52. The van der Waals surface area contributed by atoms with Crippen molar-refractivity contribution in [2.24, 2.45) is 0 Å². The zero-order valence-corrected chi connectivity index (χ0v) is 17.4. The van der Waals surface area contributed by atoms with Gasteiger partial charge in [0.25, 0.3) is 5.56 Å². The summed E-state index contributed by atoms with van der Waals surface area (Å²) in [6, 6.07) is 18.5. The molecular weight excluding hydrogens is 416 g/mol. The molecule has 2 N–H and O–H groups in total. The molecule has 7 nitrogen and oxygen atoms in total.